The topological polar surface area (TPSA) is 83.8 Å². The Kier molecular flexibility index (Phi) is 5.95. The lowest BCUT2D eigenvalue weighted by Crippen LogP contribution is -2.18. The molecule has 154 valence electrons. The summed E-state index contributed by atoms with van der Waals surface area (Å²) in [6.07, 6.45) is 1.48. The van der Waals surface area contributed by atoms with Gasteiger partial charge in [0.15, 0.2) is 11.5 Å². The number of halogens is 1. The fourth-order valence-electron chi connectivity index (χ4n) is 3.17. The van der Waals surface area contributed by atoms with E-state index in [0.29, 0.717) is 27.0 Å². The molecular weight excluding hydrogens is 458 g/mol. The number of phenols is 1. The van der Waals surface area contributed by atoms with Crippen LogP contribution in [0.1, 0.15) is 15.9 Å². The zero-order valence-corrected chi connectivity index (χ0v) is 18.1. The summed E-state index contributed by atoms with van der Waals surface area (Å²) in [5.41, 5.74) is 6.06. The lowest BCUT2D eigenvalue weighted by atomic mass is 10.0. The second-order valence-electron chi connectivity index (χ2n) is 6.69. The largest absolute Gasteiger partial charge is 0.503 e. The molecule has 0 saturated carbocycles. The third-order valence-electron chi connectivity index (χ3n) is 4.68. The summed E-state index contributed by atoms with van der Waals surface area (Å²) >= 11 is 3.27. The van der Waals surface area contributed by atoms with Crippen molar-refractivity contribution in [2.45, 2.75) is 0 Å². The van der Waals surface area contributed by atoms with Crippen LogP contribution in [0.3, 0.4) is 0 Å². The number of carbonyl (C=O) groups excluding carboxylic acids is 1. The Labute approximate surface area is 187 Å². The zero-order valence-electron chi connectivity index (χ0n) is 16.5. The Morgan fingerprint density at radius 3 is 2.61 bits per heavy atom. The average molecular weight is 476 g/mol. The summed E-state index contributed by atoms with van der Waals surface area (Å²) in [5.74, 6) is -0.0491. The fraction of sp³-hybridized carbons (Fsp3) is 0.0417. The monoisotopic (exact) mass is 475 g/mol. The molecule has 4 aromatic rings. The van der Waals surface area contributed by atoms with Gasteiger partial charge in [0.2, 0.25) is 0 Å². The number of fused-ring (bicyclic) bond motifs is 1. The highest BCUT2D eigenvalue weighted by molar-refractivity contribution is 9.10. The Balaban J connectivity index is 1.65. The van der Waals surface area contributed by atoms with Gasteiger partial charge in [0, 0.05) is 10.9 Å². The quantitative estimate of drug-likeness (QED) is 0.309. The van der Waals surface area contributed by atoms with E-state index in [0.717, 1.165) is 16.5 Å². The van der Waals surface area contributed by atoms with Crippen molar-refractivity contribution in [2.24, 2.45) is 5.10 Å². The number of aromatic nitrogens is 1. The predicted octanol–water partition coefficient (Wildman–Crippen LogP) is 5.14. The number of phenolic OH excluding ortho intramolecular Hbond substituents is 1. The van der Waals surface area contributed by atoms with Crippen molar-refractivity contribution in [2.75, 3.05) is 7.11 Å². The molecule has 3 aromatic carbocycles. The van der Waals surface area contributed by atoms with Crippen molar-refractivity contribution in [3.63, 3.8) is 0 Å². The number of rotatable bonds is 5. The minimum absolute atomic E-state index is 0.000354. The summed E-state index contributed by atoms with van der Waals surface area (Å²) in [5, 5.41) is 14.7. The van der Waals surface area contributed by atoms with Gasteiger partial charge in [-0.05, 0) is 45.8 Å². The molecule has 0 fully saturated rings. The van der Waals surface area contributed by atoms with Gasteiger partial charge in [0.25, 0.3) is 5.91 Å². The number of aromatic hydroxyl groups is 1. The van der Waals surface area contributed by atoms with E-state index in [2.05, 4.69) is 26.5 Å². The molecular formula is C24H18BrN3O3. The van der Waals surface area contributed by atoms with E-state index in [1.54, 1.807) is 18.2 Å². The Morgan fingerprint density at radius 1 is 1.10 bits per heavy atom. The van der Waals surface area contributed by atoms with Crippen LogP contribution in [0.4, 0.5) is 0 Å². The number of amides is 1. The molecule has 1 heterocycles. The van der Waals surface area contributed by atoms with E-state index >= 15 is 0 Å². The second-order valence-corrected chi connectivity index (χ2v) is 7.55. The molecule has 7 heteroatoms. The number of ether oxygens (including phenoxy) is 1. The van der Waals surface area contributed by atoms with Gasteiger partial charge < -0.3 is 9.84 Å². The minimum Gasteiger partial charge on any atom is -0.503 e. The van der Waals surface area contributed by atoms with Crippen LogP contribution >= 0.6 is 15.9 Å². The fourth-order valence-corrected chi connectivity index (χ4v) is 3.63. The molecule has 1 aromatic heterocycles. The highest BCUT2D eigenvalue weighted by atomic mass is 79.9. The number of para-hydroxylation sites is 1. The van der Waals surface area contributed by atoms with Gasteiger partial charge in [-0.15, -0.1) is 0 Å². The molecule has 31 heavy (non-hydrogen) atoms. The summed E-state index contributed by atoms with van der Waals surface area (Å²) in [6, 6.07) is 22.2. The first-order valence-electron chi connectivity index (χ1n) is 9.42. The van der Waals surface area contributed by atoms with Crippen molar-refractivity contribution in [3.05, 3.63) is 88.4 Å². The normalized spacial score (nSPS) is 11.0. The van der Waals surface area contributed by atoms with Gasteiger partial charge >= 0.3 is 0 Å². The van der Waals surface area contributed by atoms with Crippen LogP contribution in [-0.2, 0) is 0 Å². The second kappa shape index (κ2) is 8.97. The van der Waals surface area contributed by atoms with Gasteiger partial charge in [-0.25, -0.2) is 10.4 Å². The van der Waals surface area contributed by atoms with Crippen LogP contribution in [0.25, 0.3) is 22.2 Å². The summed E-state index contributed by atoms with van der Waals surface area (Å²) in [4.78, 5) is 17.6. The number of hydrogen-bond acceptors (Lipinski definition) is 5. The number of benzene rings is 3. The number of hydrogen-bond donors (Lipinski definition) is 2. The van der Waals surface area contributed by atoms with Crippen molar-refractivity contribution >= 4 is 39.0 Å². The maximum absolute atomic E-state index is 12.9. The first kappa shape index (κ1) is 20.6. The van der Waals surface area contributed by atoms with Crippen LogP contribution in [0, 0.1) is 0 Å². The number of nitrogens with zero attached hydrogens (tertiary/aromatic N) is 2. The SMILES string of the molecule is COc1cc(/C=N\NC(=O)c2cc(-c3ccccc3)nc3ccccc23)cc(Br)c1O. The molecule has 0 atom stereocenters. The van der Waals surface area contributed by atoms with Gasteiger partial charge in [0.1, 0.15) is 0 Å². The molecule has 1 amide bonds. The molecule has 0 aliphatic carbocycles. The Morgan fingerprint density at radius 2 is 1.84 bits per heavy atom. The van der Waals surface area contributed by atoms with Gasteiger partial charge in [-0.2, -0.15) is 5.10 Å². The molecule has 0 spiro atoms. The van der Waals surface area contributed by atoms with E-state index in [1.807, 2.05) is 54.6 Å². The number of methoxy groups -OCH3 is 1. The Bertz CT molecular complexity index is 1290. The van der Waals surface area contributed by atoms with E-state index in [9.17, 15) is 9.90 Å². The highest BCUT2D eigenvalue weighted by Gasteiger charge is 2.13. The Hall–Kier alpha value is -3.71. The molecule has 0 aliphatic rings. The summed E-state index contributed by atoms with van der Waals surface area (Å²) in [7, 11) is 1.46. The molecule has 6 nitrogen and oxygen atoms in total. The summed E-state index contributed by atoms with van der Waals surface area (Å²) in [6.45, 7) is 0. The highest BCUT2D eigenvalue weighted by Crippen LogP contribution is 2.34. The average Bonchev–Trinajstić information content (AvgIpc) is 2.81. The first-order valence-corrected chi connectivity index (χ1v) is 10.2. The van der Waals surface area contributed by atoms with Gasteiger partial charge in [0.05, 0.1) is 34.6 Å². The van der Waals surface area contributed by atoms with Crippen molar-refractivity contribution in [1.82, 2.24) is 10.4 Å². The molecule has 4 rings (SSSR count). The predicted molar refractivity (Wildman–Crippen MR) is 125 cm³/mol. The molecule has 0 aliphatic heterocycles. The van der Waals surface area contributed by atoms with Gasteiger partial charge in [-0.1, -0.05) is 48.5 Å². The zero-order chi connectivity index (χ0) is 21.8. The maximum Gasteiger partial charge on any atom is 0.272 e. The smallest absolute Gasteiger partial charge is 0.272 e. The standard InChI is InChI=1S/C24H18BrN3O3/c1-31-22-12-15(11-19(25)23(22)29)14-26-28-24(30)18-13-21(16-7-3-2-4-8-16)27-20-10-6-5-9-17(18)20/h2-14,29H,1H3,(H,28,30)/b26-14-. The van der Waals surface area contributed by atoms with Crippen molar-refractivity contribution in [1.29, 1.82) is 0 Å². The summed E-state index contributed by atoms with van der Waals surface area (Å²) < 4.78 is 5.60. The van der Waals surface area contributed by atoms with Crippen LogP contribution in [0.15, 0.2) is 82.4 Å². The third kappa shape index (κ3) is 4.41. The van der Waals surface area contributed by atoms with E-state index in [4.69, 9.17) is 9.72 Å². The number of hydrazone groups is 1. The lowest BCUT2D eigenvalue weighted by Gasteiger charge is -2.09. The van der Waals surface area contributed by atoms with E-state index < -0.39 is 0 Å². The van der Waals surface area contributed by atoms with Crippen LogP contribution in [0.5, 0.6) is 11.5 Å². The van der Waals surface area contributed by atoms with Crippen LogP contribution in [0.2, 0.25) is 0 Å². The third-order valence-corrected chi connectivity index (χ3v) is 5.29. The maximum atomic E-state index is 12.9. The molecule has 0 bridgehead atoms. The number of carbonyl (C=O) groups is 1. The molecule has 0 unspecified atom stereocenters. The minimum atomic E-state index is -0.350. The number of nitrogens with one attached hydrogen (secondary N) is 1. The number of pyridine rings is 1. The molecule has 0 radical (unpaired) electrons. The lowest BCUT2D eigenvalue weighted by molar-refractivity contribution is 0.0956. The van der Waals surface area contributed by atoms with E-state index in [-0.39, 0.29) is 11.7 Å². The van der Waals surface area contributed by atoms with Crippen LogP contribution in [-0.4, -0.2) is 29.3 Å². The first-order chi connectivity index (χ1) is 15.1. The van der Waals surface area contributed by atoms with Crippen molar-refractivity contribution < 1.29 is 14.6 Å². The van der Waals surface area contributed by atoms with Gasteiger partial charge in [-0.3, -0.25) is 4.79 Å². The van der Waals surface area contributed by atoms with Crippen LogP contribution < -0.4 is 10.2 Å². The molecule has 0 saturated heterocycles. The van der Waals surface area contributed by atoms with Crippen molar-refractivity contribution in [3.8, 4) is 22.8 Å². The van der Waals surface area contributed by atoms with E-state index in [1.165, 1.54) is 13.3 Å². The molecule has 2 N–H and O–H groups in total.